The van der Waals surface area contributed by atoms with Crippen molar-refractivity contribution >= 4 is 38.8 Å². The Morgan fingerprint density at radius 3 is 2.95 bits per heavy atom. The molecule has 3 nitrogen and oxygen atoms in total. The minimum absolute atomic E-state index is 0.0552. The van der Waals surface area contributed by atoms with E-state index in [1.54, 1.807) is 12.1 Å². The Bertz CT molecular complexity index is 492. The summed E-state index contributed by atoms with van der Waals surface area (Å²) in [5.74, 6) is -0.379. The van der Waals surface area contributed by atoms with Crippen LogP contribution in [0, 0.1) is 5.82 Å². The molecule has 0 amide bonds. The third-order valence-electron chi connectivity index (χ3n) is 3.25. The van der Waals surface area contributed by atoms with E-state index >= 15 is 0 Å². The number of rotatable bonds is 4. The summed E-state index contributed by atoms with van der Waals surface area (Å²) >= 11 is 8.06. The smallest absolute Gasteiger partial charge is 0.161 e. The van der Waals surface area contributed by atoms with Gasteiger partial charge < -0.3 is 15.8 Å². The summed E-state index contributed by atoms with van der Waals surface area (Å²) in [5, 5.41) is 3.14. The summed E-state index contributed by atoms with van der Waals surface area (Å²) in [6.07, 6.45) is 2.19. The fraction of sp³-hybridized carbons (Fsp3) is 0.462. The first-order chi connectivity index (χ1) is 9.00. The average molecular weight is 347 g/mol. The molecule has 0 radical (unpaired) electrons. The van der Waals surface area contributed by atoms with Gasteiger partial charge in [0.25, 0.3) is 0 Å². The van der Waals surface area contributed by atoms with Gasteiger partial charge in [0, 0.05) is 18.2 Å². The van der Waals surface area contributed by atoms with Crippen LogP contribution in [0.25, 0.3) is 0 Å². The van der Waals surface area contributed by atoms with Crippen molar-refractivity contribution in [3.05, 3.63) is 28.0 Å². The van der Waals surface area contributed by atoms with E-state index in [0.717, 1.165) is 19.4 Å². The zero-order chi connectivity index (χ0) is 14.0. The van der Waals surface area contributed by atoms with Gasteiger partial charge in [0.2, 0.25) is 0 Å². The van der Waals surface area contributed by atoms with E-state index in [1.807, 2.05) is 6.92 Å². The lowest BCUT2D eigenvalue weighted by Crippen LogP contribution is -2.30. The highest BCUT2D eigenvalue weighted by Gasteiger charge is 2.23. The Morgan fingerprint density at radius 1 is 1.63 bits per heavy atom. The maximum absolute atomic E-state index is 14.2. The summed E-state index contributed by atoms with van der Waals surface area (Å²) in [6, 6.07) is 3.42. The molecule has 1 aromatic rings. The summed E-state index contributed by atoms with van der Waals surface area (Å²) in [7, 11) is 0. The van der Waals surface area contributed by atoms with Crippen LogP contribution in [0.1, 0.15) is 25.3 Å². The highest BCUT2D eigenvalue weighted by atomic mass is 79.9. The van der Waals surface area contributed by atoms with E-state index in [2.05, 4.69) is 21.2 Å². The molecule has 6 heteroatoms. The summed E-state index contributed by atoms with van der Waals surface area (Å²) < 4.78 is 20.1. The normalized spacial score (nSPS) is 20.3. The van der Waals surface area contributed by atoms with E-state index in [-0.39, 0.29) is 23.0 Å². The van der Waals surface area contributed by atoms with Crippen LogP contribution in [0.15, 0.2) is 16.6 Å². The van der Waals surface area contributed by atoms with Crippen molar-refractivity contribution in [1.82, 2.24) is 0 Å². The molecule has 0 bridgehead atoms. The van der Waals surface area contributed by atoms with E-state index in [1.165, 1.54) is 0 Å². The lowest BCUT2D eigenvalue weighted by Gasteiger charge is -2.22. The topological polar surface area (TPSA) is 47.3 Å². The first kappa shape index (κ1) is 14.7. The van der Waals surface area contributed by atoms with Crippen LogP contribution in [0.2, 0.25) is 0 Å². The zero-order valence-corrected chi connectivity index (χ0v) is 13.0. The molecule has 19 heavy (non-hydrogen) atoms. The second-order valence-electron chi connectivity index (χ2n) is 4.64. The molecule has 2 rings (SSSR count). The van der Waals surface area contributed by atoms with Gasteiger partial charge >= 0.3 is 0 Å². The monoisotopic (exact) mass is 346 g/mol. The van der Waals surface area contributed by atoms with Crippen LogP contribution in [0.3, 0.4) is 0 Å². The molecule has 0 aliphatic carbocycles. The van der Waals surface area contributed by atoms with Gasteiger partial charge in [-0.25, -0.2) is 4.39 Å². The third kappa shape index (κ3) is 3.24. The van der Waals surface area contributed by atoms with E-state index < -0.39 is 0 Å². The van der Waals surface area contributed by atoms with Crippen molar-refractivity contribution in [3.8, 4) is 0 Å². The maximum Gasteiger partial charge on any atom is 0.161 e. The molecule has 104 valence electrons. The summed E-state index contributed by atoms with van der Waals surface area (Å²) in [4.78, 5) is 0.171. The lowest BCUT2D eigenvalue weighted by molar-refractivity contribution is 0.0996. The fourth-order valence-corrected chi connectivity index (χ4v) is 3.05. The molecular weight excluding hydrogens is 331 g/mol. The van der Waals surface area contributed by atoms with Gasteiger partial charge in [0.1, 0.15) is 4.99 Å². The number of ether oxygens (including phenoxy) is 1. The SMILES string of the molecule is CC(Nc1ccc(C(N)=S)c(Br)c1F)C1CCCO1. The second-order valence-corrected chi connectivity index (χ2v) is 5.87. The largest absolute Gasteiger partial charge is 0.389 e. The molecule has 2 atom stereocenters. The Kier molecular flexibility index (Phi) is 4.76. The standard InChI is InChI=1S/C13H16BrFN2OS/c1-7(10-3-2-6-18-10)17-9-5-4-8(13(16)19)11(14)12(9)15/h4-5,7,10,17H,2-3,6H2,1H3,(H2,16,19). The van der Waals surface area contributed by atoms with Crippen LogP contribution in [0.5, 0.6) is 0 Å². The number of nitrogens with one attached hydrogen (secondary N) is 1. The molecule has 0 aromatic heterocycles. The van der Waals surface area contributed by atoms with Gasteiger partial charge in [-0.05, 0) is 47.8 Å². The summed E-state index contributed by atoms with van der Waals surface area (Å²) in [5.41, 5.74) is 6.46. The Labute approximate surface area is 125 Å². The Hall–Kier alpha value is -0.720. The van der Waals surface area contributed by atoms with Crippen molar-refractivity contribution < 1.29 is 9.13 Å². The molecule has 1 aromatic carbocycles. The van der Waals surface area contributed by atoms with Crippen molar-refractivity contribution in [3.63, 3.8) is 0 Å². The van der Waals surface area contributed by atoms with Crippen molar-refractivity contribution in [1.29, 1.82) is 0 Å². The predicted molar refractivity (Wildman–Crippen MR) is 82.0 cm³/mol. The highest BCUT2D eigenvalue weighted by molar-refractivity contribution is 9.10. The van der Waals surface area contributed by atoms with E-state index in [4.69, 9.17) is 22.7 Å². The first-order valence-electron chi connectivity index (χ1n) is 6.16. The van der Waals surface area contributed by atoms with Crippen molar-refractivity contribution in [2.24, 2.45) is 5.73 Å². The Morgan fingerprint density at radius 2 is 2.37 bits per heavy atom. The van der Waals surface area contributed by atoms with Gasteiger partial charge in [-0.3, -0.25) is 0 Å². The molecular formula is C13H16BrFN2OS. The Balaban J connectivity index is 2.16. The number of nitrogens with two attached hydrogens (primary N) is 1. The van der Waals surface area contributed by atoms with Crippen LogP contribution in [-0.2, 0) is 4.74 Å². The molecule has 2 unspecified atom stereocenters. The van der Waals surface area contributed by atoms with E-state index in [0.29, 0.717) is 15.7 Å². The number of hydrogen-bond acceptors (Lipinski definition) is 3. The predicted octanol–water partition coefficient (Wildman–Crippen LogP) is 3.20. The third-order valence-corrected chi connectivity index (χ3v) is 4.25. The molecule has 1 aliphatic heterocycles. The molecule has 3 N–H and O–H groups in total. The highest BCUT2D eigenvalue weighted by Crippen LogP contribution is 2.28. The molecule has 1 heterocycles. The number of hydrogen-bond donors (Lipinski definition) is 2. The van der Waals surface area contributed by atoms with Crippen LogP contribution in [0.4, 0.5) is 10.1 Å². The van der Waals surface area contributed by atoms with Gasteiger partial charge in [-0.1, -0.05) is 12.2 Å². The average Bonchev–Trinajstić information content (AvgIpc) is 2.88. The van der Waals surface area contributed by atoms with Crippen LogP contribution < -0.4 is 11.1 Å². The van der Waals surface area contributed by atoms with E-state index in [9.17, 15) is 4.39 Å². The van der Waals surface area contributed by atoms with Gasteiger partial charge in [0.15, 0.2) is 5.82 Å². The van der Waals surface area contributed by atoms with Crippen LogP contribution >= 0.6 is 28.1 Å². The quantitative estimate of drug-likeness (QED) is 0.822. The lowest BCUT2D eigenvalue weighted by atomic mass is 10.1. The second kappa shape index (κ2) is 6.15. The van der Waals surface area contributed by atoms with Crippen molar-refractivity contribution in [2.75, 3.05) is 11.9 Å². The molecule has 0 spiro atoms. The van der Waals surface area contributed by atoms with Gasteiger partial charge in [0.05, 0.1) is 16.3 Å². The zero-order valence-electron chi connectivity index (χ0n) is 10.6. The number of benzene rings is 1. The molecule has 0 saturated carbocycles. The minimum Gasteiger partial charge on any atom is -0.389 e. The number of thiocarbonyl (C=S) groups is 1. The first-order valence-corrected chi connectivity index (χ1v) is 7.36. The minimum atomic E-state index is -0.379. The molecule has 1 aliphatic rings. The summed E-state index contributed by atoms with van der Waals surface area (Å²) in [6.45, 7) is 2.77. The van der Waals surface area contributed by atoms with Crippen LogP contribution in [-0.4, -0.2) is 23.7 Å². The fourth-order valence-electron chi connectivity index (χ4n) is 2.19. The van der Waals surface area contributed by atoms with Gasteiger partial charge in [-0.15, -0.1) is 0 Å². The molecule has 1 saturated heterocycles. The number of anilines is 1. The molecule has 1 fully saturated rings. The van der Waals surface area contributed by atoms with Gasteiger partial charge in [-0.2, -0.15) is 0 Å². The maximum atomic E-state index is 14.2. The van der Waals surface area contributed by atoms with Crippen molar-refractivity contribution in [2.45, 2.75) is 31.9 Å². The number of halogens is 2.